The molecule has 0 amide bonds. The zero-order chi connectivity index (χ0) is 9.68. The van der Waals surface area contributed by atoms with E-state index < -0.39 is 0 Å². The lowest BCUT2D eigenvalue weighted by atomic mass is 9.98. The Kier molecular flexibility index (Phi) is 4.33. The number of nitrogens with two attached hydrogens (primary N) is 1. The van der Waals surface area contributed by atoms with Crippen molar-refractivity contribution in [3.63, 3.8) is 0 Å². The third kappa shape index (κ3) is 3.05. The molecule has 0 spiro atoms. The van der Waals surface area contributed by atoms with Gasteiger partial charge < -0.3 is 5.73 Å². The van der Waals surface area contributed by atoms with Crippen molar-refractivity contribution in [1.29, 1.82) is 0 Å². The van der Waals surface area contributed by atoms with Crippen LogP contribution in [0, 0.1) is 0 Å². The predicted molar refractivity (Wildman–Crippen MR) is 60.3 cm³/mol. The van der Waals surface area contributed by atoms with E-state index in [1.165, 1.54) is 10.5 Å². The highest BCUT2D eigenvalue weighted by atomic mass is 32.2. The first-order valence-electron chi connectivity index (χ1n) is 4.62. The van der Waals surface area contributed by atoms with Gasteiger partial charge in [-0.1, -0.05) is 19.1 Å². The fraction of sp³-hybridized carbons (Fsp3) is 0.455. The van der Waals surface area contributed by atoms with Gasteiger partial charge in [-0.05, 0) is 42.8 Å². The summed E-state index contributed by atoms with van der Waals surface area (Å²) in [6, 6.07) is 8.75. The molecule has 2 N–H and O–H groups in total. The molecule has 2 heteroatoms. The second kappa shape index (κ2) is 5.30. The largest absolute Gasteiger partial charge is 0.330 e. The molecule has 0 heterocycles. The van der Waals surface area contributed by atoms with Crippen LogP contribution in [0.2, 0.25) is 0 Å². The van der Waals surface area contributed by atoms with Gasteiger partial charge >= 0.3 is 0 Å². The summed E-state index contributed by atoms with van der Waals surface area (Å²) in [5, 5.41) is 0. The van der Waals surface area contributed by atoms with E-state index in [1.807, 2.05) is 0 Å². The minimum absolute atomic E-state index is 0.584. The molecule has 72 valence electrons. The number of benzene rings is 1. The molecule has 0 aliphatic carbocycles. The summed E-state index contributed by atoms with van der Waals surface area (Å²) in [6.07, 6.45) is 3.16. The van der Waals surface area contributed by atoms with Crippen LogP contribution in [-0.2, 0) is 0 Å². The van der Waals surface area contributed by atoms with Crippen molar-refractivity contribution in [3.8, 4) is 0 Å². The normalized spacial score (nSPS) is 12.8. The van der Waals surface area contributed by atoms with E-state index in [-0.39, 0.29) is 0 Å². The summed E-state index contributed by atoms with van der Waals surface area (Å²) in [7, 11) is 0. The molecule has 0 saturated heterocycles. The zero-order valence-corrected chi connectivity index (χ0v) is 9.10. The van der Waals surface area contributed by atoms with E-state index in [2.05, 4.69) is 37.4 Å². The Balaban J connectivity index is 2.67. The molecular weight excluding hydrogens is 178 g/mol. The second-order valence-corrected chi connectivity index (χ2v) is 4.13. The molecule has 1 nitrogen and oxygen atoms in total. The second-order valence-electron chi connectivity index (χ2n) is 3.25. The van der Waals surface area contributed by atoms with Gasteiger partial charge in [0.25, 0.3) is 0 Å². The number of hydrogen-bond donors (Lipinski definition) is 1. The first-order valence-corrected chi connectivity index (χ1v) is 5.84. The lowest BCUT2D eigenvalue weighted by molar-refractivity contribution is 0.689. The lowest BCUT2D eigenvalue weighted by Gasteiger charge is -2.10. The molecule has 0 saturated carbocycles. The van der Waals surface area contributed by atoms with Crippen molar-refractivity contribution in [2.75, 3.05) is 12.8 Å². The van der Waals surface area contributed by atoms with Gasteiger partial charge in [-0.25, -0.2) is 0 Å². The van der Waals surface area contributed by atoms with E-state index in [0.717, 1.165) is 13.0 Å². The third-order valence-electron chi connectivity index (χ3n) is 2.28. The smallest absolute Gasteiger partial charge is 0.00693 e. The topological polar surface area (TPSA) is 26.0 Å². The third-order valence-corrected chi connectivity index (χ3v) is 3.03. The molecule has 1 atom stereocenters. The molecule has 0 fully saturated rings. The van der Waals surface area contributed by atoms with Crippen molar-refractivity contribution < 1.29 is 0 Å². The highest BCUT2D eigenvalue weighted by Crippen LogP contribution is 2.21. The van der Waals surface area contributed by atoms with E-state index in [1.54, 1.807) is 11.8 Å². The van der Waals surface area contributed by atoms with Gasteiger partial charge in [0, 0.05) is 4.90 Å². The first kappa shape index (κ1) is 10.6. The van der Waals surface area contributed by atoms with Gasteiger partial charge in [-0.15, -0.1) is 11.8 Å². The molecule has 0 bridgehead atoms. The van der Waals surface area contributed by atoms with Crippen LogP contribution < -0.4 is 5.73 Å². The van der Waals surface area contributed by atoms with E-state index in [9.17, 15) is 0 Å². The Morgan fingerprint density at radius 2 is 1.92 bits per heavy atom. The average Bonchev–Trinajstić information content (AvgIpc) is 2.18. The van der Waals surface area contributed by atoms with E-state index in [4.69, 9.17) is 5.73 Å². The van der Waals surface area contributed by atoms with Crippen molar-refractivity contribution in [2.45, 2.75) is 24.2 Å². The van der Waals surface area contributed by atoms with Gasteiger partial charge in [-0.3, -0.25) is 0 Å². The van der Waals surface area contributed by atoms with E-state index in [0.29, 0.717) is 5.92 Å². The maximum atomic E-state index is 5.52. The zero-order valence-electron chi connectivity index (χ0n) is 8.29. The molecule has 13 heavy (non-hydrogen) atoms. The summed E-state index contributed by atoms with van der Waals surface area (Å²) >= 11 is 1.78. The fourth-order valence-electron chi connectivity index (χ4n) is 1.35. The molecule has 1 unspecified atom stereocenters. The monoisotopic (exact) mass is 195 g/mol. The Hall–Kier alpha value is -0.470. The molecule has 1 aromatic carbocycles. The van der Waals surface area contributed by atoms with Crippen molar-refractivity contribution in [1.82, 2.24) is 0 Å². The predicted octanol–water partition coefficient (Wildman–Crippen LogP) is 2.86. The van der Waals surface area contributed by atoms with Crippen LogP contribution in [0.25, 0.3) is 0 Å². The summed E-state index contributed by atoms with van der Waals surface area (Å²) in [5.74, 6) is 0.584. The van der Waals surface area contributed by atoms with Crippen LogP contribution in [0.1, 0.15) is 24.8 Å². The molecular formula is C11H17NS. The molecule has 0 aromatic heterocycles. The Morgan fingerprint density at radius 1 is 1.31 bits per heavy atom. The molecule has 1 rings (SSSR count). The molecule has 1 aromatic rings. The summed E-state index contributed by atoms with van der Waals surface area (Å²) in [5.41, 5.74) is 6.91. The summed E-state index contributed by atoms with van der Waals surface area (Å²) in [6.45, 7) is 2.99. The first-order chi connectivity index (χ1) is 6.27. The van der Waals surface area contributed by atoms with Crippen LogP contribution in [0.15, 0.2) is 29.2 Å². The van der Waals surface area contributed by atoms with E-state index >= 15 is 0 Å². The fourth-order valence-corrected chi connectivity index (χ4v) is 1.76. The Morgan fingerprint density at radius 3 is 2.38 bits per heavy atom. The highest BCUT2D eigenvalue weighted by Gasteiger charge is 2.03. The standard InChI is InChI=1S/C11H17NS/c1-9(7-8-12)10-3-5-11(13-2)6-4-10/h3-6,9H,7-8,12H2,1-2H3. The number of hydrogen-bond acceptors (Lipinski definition) is 2. The maximum Gasteiger partial charge on any atom is 0.00693 e. The Labute approximate surface area is 84.7 Å². The summed E-state index contributed by atoms with van der Waals surface area (Å²) < 4.78 is 0. The van der Waals surface area contributed by atoms with Crippen LogP contribution in [-0.4, -0.2) is 12.8 Å². The van der Waals surface area contributed by atoms with Gasteiger partial charge in [0.05, 0.1) is 0 Å². The molecule has 0 aliphatic rings. The number of rotatable bonds is 4. The van der Waals surface area contributed by atoms with Gasteiger partial charge in [0.15, 0.2) is 0 Å². The molecule has 0 aliphatic heterocycles. The van der Waals surface area contributed by atoms with Gasteiger partial charge in [0.2, 0.25) is 0 Å². The minimum Gasteiger partial charge on any atom is -0.330 e. The average molecular weight is 195 g/mol. The van der Waals surface area contributed by atoms with Crippen LogP contribution in [0.4, 0.5) is 0 Å². The lowest BCUT2D eigenvalue weighted by Crippen LogP contribution is -2.04. The summed E-state index contributed by atoms with van der Waals surface area (Å²) in [4.78, 5) is 1.32. The van der Waals surface area contributed by atoms with Crippen LogP contribution in [0.5, 0.6) is 0 Å². The van der Waals surface area contributed by atoms with Gasteiger partial charge in [0.1, 0.15) is 0 Å². The van der Waals surface area contributed by atoms with Crippen LogP contribution in [0.3, 0.4) is 0 Å². The quantitative estimate of drug-likeness (QED) is 0.748. The van der Waals surface area contributed by atoms with Gasteiger partial charge in [-0.2, -0.15) is 0 Å². The Bertz CT molecular complexity index is 243. The van der Waals surface area contributed by atoms with Crippen molar-refractivity contribution in [2.24, 2.45) is 5.73 Å². The van der Waals surface area contributed by atoms with Crippen LogP contribution >= 0.6 is 11.8 Å². The van der Waals surface area contributed by atoms with Crippen molar-refractivity contribution >= 4 is 11.8 Å². The number of thioether (sulfide) groups is 1. The SMILES string of the molecule is CSc1ccc(C(C)CCN)cc1. The highest BCUT2D eigenvalue weighted by molar-refractivity contribution is 7.98. The van der Waals surface area contributed by atoms with Crippen molar-refractivity contribution in [3.05, 3.63) is 29.8 Å². The molecule has 0 radical (unpaired) electrons. The maximum absolute atomic E-state index is 5.52. The minimum atomic E-state index is 0.584.